The maximum Gasteiger partial charge on any atom is 0.218 e. The van der Waals surface area contributed by atoms with E-state index in [-0.39, 0.29) is 10.8 Å². The molecule has 110 valence electrons. The lowest BCUT2D eigenvalue weighted by Crippen LogP contribution is -2.17. The molecular formula is C12H12Cl2FNO3S. The highest BCUT2D eigenvalue weighted by Gasteiger charge is 2.34. The molecule has 1 aromatic rings. The van der Waals surface area contributed by atoms with Crippen LogP contribution < -0.4 is 0 Å². The van der Waals surface area contributed by atoms with E-state index in [1.807, 2.05) is 0 Å². The normalized spacial score (nSPS) is 22.8. The van der Waals surface area contributed by atoms with E-state index in [4.69, 9.17) is 27.9 Å². The number of rotatable bonds is 4. The van der Waals surface area contributed by atoms with Crippen molar-refractivity contribution in [2.75, 3.05) is 12.9 Å². The molecule has 0 bridgehead atoms. The van der Waals surface area contributed by atoms with Crippen LogP contribution >= 0.6 is 23.2 Å². The molecular weight excluding hydrogens is 328 g/mol. The van der Waals surface area contributed by atoms with Crippen LogP contribution in [-0.2, 0) is 14.6 Å². The predicted molar refractivity (Wildman–Crippen MR) is 76.1 cm³/mol. The Bertz CT molecular complexity index is 616. The van der Waals surface area contributed by atoms with Gasteiger partial charge in [-0.1, -0.05) is 35.3 Å². The number of benzene rings is 1. The zero-order valence-electron chi connectivity index (χ0n) is 10.5. The largest absolute Gasteiger partial charge is 0.468 e. The van der Waals surface area contributed by atoms with Crippen LogP contribution in [0.1, 0.15) is 11.7 Å². The molecule has 20 heavy (non-hydrogen) atoms. The van der Waals surface area contributed by atoms with Crippen molar-refractivity contribution in [3.63, 3.8) is 0 Å². The number of aliphatic imine (C=N–C) groups is 1. The Morgan fingerprint density at radius 2 is 1.95 bits per heavy atom. The number of hydrogen-bond donors (Lipinski definition) is 0. The van der Waals surface area contributed by atoms with E-state index in [2.05, 4.69) is 4.99 Å². The SMILES string of the molecule is CS(=O)(=O)c1ccc(C2OC(C(Cl)Cl)=NC2CF)cc1. The van der Waals surface area contributed by atoms with Crippen LogP contribution in [0, 0.1) is 0 Å². The van der Waals surface area contributed by atoms with E-state index in [1.54, 1.807) is 12.1 Å². The molecule has 8 heteroatoms. The van der Waals surface area contributed by atoms with Crippen molar-refractivity contribution in [1.29, 1.82) is 0 Å². The van der Waals surface area contributed by atoms with Crippen molar-refractivity contribution in [2.45, 2.75) is 21.9 Å². The molecule has 0 spiro atoms. The lowest BCUT2D eigenvalue weighted by molar-refractivity contribution is 0.178. The van der Waals surface area contributed by atoms with Gasteiger partial charge in [0.15, 0.2) is 20.8 Å². The Balaban J connectivity index is 2.25. The second-order valence-corrected chi connectivity index (χ2v) is 7.48. The summed E-state index contributed by atoms with van der Waals surface area (Å²) >= 11 is 11.3. The van der Waals surface area contributed by atoms with Crippen molar-refractivity contribution < 1.29 is 17.5 Å². The van der Waals surface area contributed by atoms with E-state index in [0.717, 1.165) is 6.26 Å². The van der Waals surface area contributed by atoms with Crippen LogP contribution in [0.2, 0.25) is 0 Å². The summed E-state index contributed by atoms with van der Waals surface area (Å²) in [5.41, 5.74) is 0.618. The molecule has 1 aliphatic rings. The van der Waals surface area contributed by atoms with Gasteiger partial charge in [0.2, 0.25) is 5.90 Å². The van der Waals surface area contributed by atoms with Gasteiger partial charge in [0.05, 0.1) is 4.90 Å². The second-order valence-electron chi connectivity index (χ2n) is 4.37. The van der Waals surface area contributed by atoms with Gasteiger partial charge in [-0.15, -0.1) is 0 Å². The molecule has 2 atom stereocenters. The van der Waals surface area contributed by atoms with Crippen molar-refractivity contribution in [3.05, 3.63) is 29.8 Å². The lowest BCUT2D eigenvalue weighted by atomic mass is 10.0. The van der Waals surface area contributed by atoms with Crippen LogP contribution in [0.25, 0.3) is 0 Å². The third-order valence-electron chi connectivity index (χ3n) is 2.87. The van der Waals surface area contributed by atoms with Crippen LogP contribution in [-0.4, -0.2) is 38.1 Å². The first kappa shape index (κ1) is 15.5. The minimum Gasteiger partial charge on any atom is -0.468 e. The number of halogens is 3. The molecule has 0 N–H and O–H groups in total. The maximum absolute atomic E-state index is 13.0. The van der Waals surface area contributed by atoms with Gasteiger partial charge in [0, 0.05) is 6.26 Å². The summed E-state index contributed by atoms with van der Waals surface area (Å²) in [7, 11) is -3.27. The molecule has 0 fully saturated rings. The first-order valence-electron chi connectivity index (χ1n) is 5.71. The van der Waals surface area contributed by atoms with Crippen molar-refractivity contribution >= 4 is 38.9 Å². The van der Waals surface area contributed by atoms with E-state index in [1.165, 1.54) is 12.1 Å². The van der Waals surface area contributed by atoms with Crippen LogP contribution in [0.4, 0.5) is 4.39 Å². The minimum absolute atomic E-state index is 0.0770. The van der Waals surface area contributed by atoms with Gasteiger partial charge >= 0.3 is 0 Å². The molecule has 2 rings (SSSR count). The number of nitrogens with zero attached hydrogens (tertiary/aromatic N) is 1. The molecule has 4 nitrogen and oxygen atoms in total. The highest BCUT2D eigenvalue weighted by Crippen LogP contribution is 2.32. The highest BCUT2D eigenvalue weighted by molar-refractivity contribution is 7.90. The maximum atomic E-state index is 13.0. The Kier molecular flexibility index (Phi) is 4.56. The summed E-state index contributed by atoms with van der Waals surface area (Å²) in [6.07, 6.45) is 0.467. The Hall–Kier alpha value is -0.850. The van der Waals surface area contributed by atoms with E-state index < -0.39 is 33.5 Å². The summed E-state index contributed by atoms with van der Waals surface area (Å²) < 4.78 is 41.2. The molecule has 1 aromatic carbocycles. The monoisotopic (exact) mass is 339 g/mol. The van der Waals surface area contributed by atoms with Gasteiger partial charge in [-0.3, -0.25) is 0 Å². The van der Waals surface area contributed by atoms with E-state index in [9.17, 15) is 12.8 Å². The van der Waals surface area contributed by atoms with Gasteiger partial charge in [-0.05, 0) is 17.7 Å². The molecule has 1 aliphatic heterocycles. The molecule has 0 saturated carbocycles. The van der Waals surface area contributed by atoms with Crippen LogP contribution in [0.3, 0.4) is 0 Å². The van der Waals surface area contributed by atoms with Crippen molar-refractivity contribution in [3.8, 4) is 0 Å². The van der Waals surface area contributed by atoms with Crippen LogP contribution in [0.5, 0.6) is 0 Å². The summed E-state index contributed by atoms with van der Waals surface area (Å²) in [5.74, 6) is 0.0770. The van der Waals surface area contributed by atoms with E-state index >= 15 is 0 Å². The molecule has 0 saturated heterocycles. The van der Waals surface area contributed by atoms with Crippen molar-refractivity contribution in [1.82, 2.24) is 0 Å². The Morgan fingerprint density at radius 3 is 2.40 bits per heavy atom. The number of ether oxygens (including phenoxy) is 1. The Labute approximate surface area is 126 Å². The fourth-order valence-electron chi connectivity index (χ4n) is 1.89. The zero-order chi connectivity index (χ0) is 14.9. The summed E-state index contributed by atoms with van der Waals surface area (Å²) in [4.78, 5) is 3.20. The third kappa shape index (κ3) is 3.24. The lowest BCUT2D eigenvalue weighted by Gasteiger charge is -2.16. The van der Waals surface area contributed by atoms with Gasteiger partial charge in [-0.2, -0.15) is 0 Å². The van der Waals surface area contributed by atoms with Gasteiger partial charge < -0.3 is 4.74 Å². The average Bonchev–Trinajstić information content (AvgIpc) is 2.82. The first-order valence-corrected chi connectivity index (χ1v) is 8.48. The third-order valence-corrected chi connectivity index (χ3v) is 4.37. The molecule has 1 heterocycles. The quantitative estimate of drug-likeness (QED) is 0.792. The van der Waals surface area contributed by atoms with Gasteiger partial charge in [0.1, 0.15) is 12.7 Å². The molecule has 0 aliphatic carbocycles. The first-order chi connectivity index (χ1) is 9.32. The van der Waals surface area contributed by atoms with E-state index in [0.29, 0.717) is 5.56 Å². The summed E-state index contributed by atoms with van der Waals surface area (Å²) in [6, 6.07) is 5.30. The number of sulfone groups is 1. The number of alkyl halides is 3. The molecule has 0 radical (unpaired) electrons. The molecule has 0 amide bonds. The molecule has 0 aromatic heterocycles. The Morgan fingerprint density at radius 1 is 1.35 bits per heavy atom. The predicted octanol–water partition coefficient (Wildman–Crippen LogP) is 2.70. The minimum atomic E-state index is -3.27. The van der Waals surface area contributed by atoms with Gasteiger partial charge in [-0.25, -0.2) is 17.8 Å². The second kappa shape index (κ2) is 5.87. The topological polar surface area (TPSA) is 55.7 Å². The average molecular weight is 340 g/mol. The highest BCUT2D eigenvalue weighted by atomic mass is 35.5. The number of hydrogen-bond acceptors (Lipinski definition) is 4. The molecule has 2 unspecified atom stereocenters. The van der Waals surface area contributed by atoms with Crippen molar-refractivity contribution in [2.24, 2.45) is 4.99 Å². The smallest absolute Gasteiger partial charge is 0.218 e. The van der Waals surface area contributed by atoms with Crippen LogP contribution in [0.15, 0.2) is 34.2 Å². The summed E-state index contributed by atoms with van der Waals surface area (Å²) in [6.45, 7) is -0.720. The fourth-order valence-corrected chi connectivity index (χ4v) is 2.73. The fraction of sp³-hybridized carbons (Fsp3) is 0.417. The zero-order valence-corrected chi connectivity index (χ0v) is 12.8. The van der Waals surface area contributed by atoms with Gasteiger partial charge in [0.25, 0.3) is 0 Å². The summed E-state index contributed by atoms with van der Waals surface area (Å²) in [5, 5.41) is 0. The standard InChI is InChI=1S/C12H12Cl2FNO3S/c1-20(17,18)8-4-2-7(3-5-8)10-9(6-15)16-12(19-10)11(13)14/h2-5,9-11H,6H2,1H3.